The van der Waals surface area contributed by atoms with Gasteiger partial charge < -0.3 is 14.4 Å². The van der Waals surface area contributed by atoms with E-state index in [0.29, 0.717) is 24.7 Å². The molecule has 4 nitrogen and oxygen atoms in total. The molecular formula is C19H21NO3S. The van der Waals surface area contributed by atoms with E-state index < -0.39 is 0 Å². The topological polar surface area (TPSA) is 38.8 Å². The summed E-state index contributed by atoms with van der Waals surface area (Å²) in [5.41, 5.74) is 2.19. The largest absolute Gasteiger partial charge is 0.493 e. The fourth-order valence-corrected chi connectivity index (χ4v) is 3.66. The number of carbonyl (C=O) groups is 1. The molecule has 1 aromatic heterocycles. The smallest absolute Gasteiger partial charge is 0.246 e. The van der Waals surface area contributed by atoms with Crippen LogP contribution in [-0.4, -0.2) is 31.1 Å². The Bertz CT molecular complexity index is 751. The molecule has 0 atom stereocenters. The molecule has 2 aromatic rings. The van der Waals surface area contributed by atoms with Crippen molar-refractivity contribution in [2.45, 2.75) is 19.9 Å². The summed E-state index contributed by atoms with van der Waals surface area (Å²) >= 11 is 1.78. The number of hydrogen-bond donors (Lipinski definition) is 0. The van der Waals surface area contributed by atoms with Crippen LogP contribution in [0.1, 0.15) is 22.9 Å². The van der Waals surface area contributed by atoms with Gasteiger partial charge in [-0.2, -0.15) is 0 Å². The predicted molar refractivity (Wildman–Crippen MR) is 96.6 cm³/mol. The second-order valence-corrected chi connectivity index (χ2v) is 6.56. The maximum atomic E-state index is 12.4. The summed E-state index contributed by atoms with van der Waals surface area (Å²) in [4.78, 5) is 15.7. The highest BCUT2D eigenvalue weighted by atomic mass is 32.1. The lowest BCUT2D eigenvalue weighted by Crippen LogP contribution is -2.34. The molecule has 1 aromatic carbocycles. The van der Waals surface area contributed by atoms with Gasteiger partial charge in [-0.25, -0.2) is 0 Å². The van der Waals surface area contributed by atoms with Crippen molar-refractivity contribution in [2.75, 3.05) is 20.3 Å². The molecule has 1 aliphatic heterocycles. The van der Waals surface area contributed by atoms with Crippen molar-refractivity contribution in [3.05, 3.63) is 51.7 Å². The number of hydrogen-bond acceptors (Lipinski definition) is 4. The standard InChI is InChI=1S/C19H21NO3S/c1-3-23-17-12-14(4-6-16(17)22-2)5-7-19(21)20-10-8-18-15(13-20)9-11-24-18/h4-7,9,11-12H,3,8,10,13H2,1-2H3/b7-5+. The number of thiophene rings is 1. The Hall–Kier alpha value is -2.27. The number of ether oxygens (including phenoxy) is 2. The van der Waals surface area contributed by atoms with Gasteiger partial charge in [-0.15, -0.1) is 11.3 Å². The third-order valence-electron chi connectivity index (χ3n) is 4.03. The quantitative estimate of drug-likeness (QED) is 0.776. The minimum Gasteiger partial charge on any atom is -0.493 e. The van der Waals surface area contributed by atoms with Gasteiger partial charge in [0.1, 0.15) is 0 Å². The van der Waals surface area contributed by atoms with Crippen molar-refractivity contribution in [3.8, 4) is 11.5 Å². The van der Waals surface area contributed by atoms with Crippen molar-refractivity contribution < 1.29 is 14.3 Å². The van der Waals surface area contributed by atoms with Crippen molar-refractivity contribution in [2.24, 2.45) is 0 Å². The van der Waals surface area contributed by atoms with Crippen LogP contribution in [0.4, 0.5) is 0 Å². The van der Waals surface area contributed by atoms with Gasteiger partial charge in [0.05, 0.1) is 13.7 Å². The van der Waals surface area contributed by atoms with Crippen LogP contribution < -0.4 is 9.47 Å². The lowest BCUT2D eigenvalue weighted by Gasteiger charge is -2.25. The van der Waals surface area contributed by atoms with Gasteiger partial charge in [-0.05, 0) is 54.1 Å². The van der Waals surface area contributed by atoms with Gasteiger partial charge in [-0.1, -0.05) is 6.07 Å². The Morgan fingerprint density at radius 3 is 3.00 bits per heavy atom. The molecule has 0 spiro atoms. The van der Waals surface area contributed by atoms with Gasteiger partial charge in [-0.3, -0.25) is 4.79 Å². The lowest BCUT2D eigenvalue weighted by atomic mass is 10.1. The van der Waals surface area contributed by atoms with E-state index in [-0.39, 0.29) is 5.91 Å². The van der Waals surface area contributed by atoms with E-state index in [1.807, 2.05) is 36.1 Å². The average Bonchev–Trinajstić information content (AvgIpc) is 3.08. The summed E-state index contributed by atoms with van der Waals surface area (Å²) in [6, 6.07) is 7.77. The van der Waals surface area contributed by atoms with E-state index in [1.165, 1.54) is 10.4 Å². The highest BCUT2D eigenvalue weighted by Crippen LogP contribution is 2.29. The van der Waals surface area contributed by atoms with Crippen molar-refractivity contribution in [1.82, 2.24) is 4.90 Å². The molecule has 1 aliphatic rings. The zero-order valence-electron chi connectivity index (χ0n) is 14.0. The Morgan fingerprint density at radius 1 is 1.33 bits per heavy atom. The summed E-state index contributed by atoms with van der Waals surface area (Å²) < 4.78 is 10.8. The summed E-state index contributed by atoms with van der Waals surface area (Å²) in [5, 5.41) is 2.10. The first-order valence-electron chi connectivity index (χ1n) is 8.04. The molecule has 2 heterocycles. The number of nitrogens with zero attached hydrogens (tertiary/aromatic N) is 1. The van der Waals surface area contributed by atoms with Gasteiger partial charge in [0.25, 0.3) is 0 Å². The number of benzene rings is 1. The van der Waals surface area contributed by atoms with Crippen LogP contribution in [0.25, 0.3) is 6.08 Å². The third-order valence-corrected chi connectivity index (χ3v) is 5.05. The van der Waals surface area contributed by atoms with Crippen LogP contribution >= 0.6 is 11.3 Å². The number of amides is 1. The Labute approximate surface area is 146 Å². The summed E-state index contributed by atoms with van der Waals surface area (Å²) in [6.07, 6.45) is 4.41. The van der Waals surface area contributed by atoms with Crippen molar-refractivity contribution in [1.29, 1.82) is 0 Å². The van der Waals surface area contributed by atoms with E-state index in [0.717, 1.165) is 18.5 Å². The summed E-state index contributed by atoms with van der Waals surface area (Å²) in [6.45, 7) is 3.98. The second-order valence-electron chi connectivity index (χ2n) is 5.56. The number of carbonyl (C=O) groups excluding carboxylic acids is 1. The third kappa shape index (κ3) is 3.62. The molecule has 0 aliphatic carbocycles. The highest BCUT2D eigenvalue weighted by Gasteiger charge is 2.19. The van der Waals surface area contributed by atoms with E-state index in [2.05, 4.69) is 11.4 Å². The Kier molecular flexibility index (Phi) is 5.20. The molecule has 0 bridgehead atoms. The molecule has 5 heteroatoms. The zero-order valence-corrected chi connectivity index (χ0v) is 14.8. The van der Waals surface area contributed by atoms with E-state index in [9.17, 15) is 4.79 Å². The predicted octanol–water partition coefficient (Wildman–Crippen LogP) is 3.75. The van der Waals surface area contributed by atoms with E-state index in [1.54, 1.807) is 24.5 Å². The molecule has 0 saturated carbocycles. The summed E-state index contributed by atoms with van der Waals surface area (Å²) in [7, 11) is 1.62. The highest BCUT2D eigenvalue weighted by molar-refractivity contribution is 7.10. The molecule has 126 valence electrons. The first kappa shape index (κ1) is 16.6. The fraction of sp³-hybridized carbons (Fsp3) is 0.316. The molecule has 24 heavy (non-hydrogen) atoms. The Balaban J connectivity index is 1.69. The number of rotatable bonds is 5. The van der Waals surface area contributed by atoms with Crippen LogP contribution in [0.3, 0.4) is 0 Å². The van der Waals surface area contributed by atoms with Gasteiger partial charge in [0.2, 0.25) is 5.91 Å². The molecule has 0 radical (unpaired) electrons. The molecule has 0 fully saturated rings. The fourth-order valence-electron chi connectivity index (χ4n) is 2.77. The average molecular weight is 343 g/mol. The molecule has 3 rings (SSSR count). The first-order chi connectivity index (χ1) is 11.7. The zero-order chi connectivity index (χ0) is 16.9. The molecule has 0 N–H and O–H groups in total. The van der Waals surface area contributed by atoms with Crippen LogP contribution in [0.2, 0.25) is 0 Å². The van der Waals surface area contributed by atoms with Crippen LogP contribution in [0, 0.1) is 0 Å². The van der Waals surface area contributed by atoms with Crippen molar-refractivity contribution in [3.63, 3.8) is 0 Å². The van der Waals surface area contributed by atoms with E-state index >= 15 is 0 Å². The Morgan fingerprint density at radius 2 is 2.21 bits per heavy atom. The normalized spacial score (nSPS) is 13.8. The maximum Gasteiger partial charge on any atom is 0.246 e. The van der Waals surface area contributed by atoms with Crippen LogP contribution in [0.5, 0.6) is 11.5 Å². The molecule has 0 saturated heterocycles. The van der Waals surface area contributed by atoms with Gasteiger partial charge in [0.15, 0.2) is 11.5 Å². The molecule has 1 amide bonds. The molecular weight excluding hydrogens is 322 g/mol. The minimum absolute atomic E-state index is 0.0422. The first-order valence-corrected chi connectivity index (χ1v) is 8.92. The second kappa shape index (κ2) is 7.53. The number of fused-ring (bicyclic) bond motifs is 1. The van der Waals surface area contributed by atoms with Gasteiger partial charge in [0, 0.05) is 24.0 Å². The van der Waals surface area contributed by atoms with Crippen LogP contribution in [0.15, 0.2) is 35.7 Å². The monoisotopic (exact) mass is 343 g/mol. The maximum absolute atomic E-state index is 12.4. The van der Waals surface area contributed by atoms with Gasteiger partial charge >= 0.3 is 0 Å². The number of methoxy groups -OCH3 is 1. The van der Waals surface area contributed by atoms with E-state index in [4.69, 9.17) is 9.47 Å². The lowest BCUT2D eigenvalue weighted by molar-refractivity contribution is -0.126. The van der Waals surface area contributed by atoms with Crippen molar-refractivity contribution >= 4 is 23.3 Å². The molecule has 0 unspecified atom stereocenters. The summed E-state index contributed by atoms with van der Waals surface area (Å²) in [5.74, 6) is 1.43. The SMILES string of the molecule is CCOc1cc(/C=C/C(=O)N2CCc3sccc3C2)ccc1OC. The van der Waals surface area contributed by atoms with Crippen LogP contribution in [-0.2, 0) is 17.8 Å². The minimum atomic E-state index is 0.0422.